The van der Waals surface area contributed by atoms with Gasteiger partial charge >= 0.3 is 0 Å². The second-order valence-corrected chi connectivity index (χ2v) is 7.97. The average Bonchev–Trinajstić information content (AvgIpc) is 2.49. The van der Waals surface area contributed by atoms with E-state index in [1.54, 1.807) is 22.5 Å². The monoisotopic (exact) mass is 375 g/mol. The number of nitrogens with zero attached hydrogens (tertiary/aromatic N) is 1. The van der Waals surface area contributed by atoms with Crippen molar-refractivity contribution in [1.82, 2.24) is 4.31 Å². The quantitative estimate of drug-likeness (QED) is 0.785. The lowest BCUT2D eigenvalue weighted by molar-refractivity contribution is 0.245. The number of ether oxygens (including phenoxy) is 1. The first-order valence-electron chi connectivity index (χ1n) is 7.44. The van der Waals surface area contributed by atoms with Gasteiger partial charge < -0.3 is 4.74 Å². The SMILES string of the molecule is CCOc1ccc(Br)cc1S(=O)(=O)N1CCCC[C@H]1CC. The van der Waals surface area contributed by atoms with Crippen molar-refractivity contribution in [3.05, 3.63) is 22.7 Å². The van der Waals surface area contributed by atoms with E-state index >= 15 is 0 Å². The highest BCUT2D eigenvalue weighted by molar-refractivity contribution is 9.10. The number of rotatable bonds is 5. The molecule has 0 aliphatic carbocycles. The van der Waals surface area contributed by atoms with E-state index in [0.29, 0.717) is 18.9 Å². The molecule has 21 heavy (non-hydrogen) atoms. The number of piperidine rings is 1. The van der Waals surface area contributed by atoms with Crippen molar-refractivity contribution in [3.63, 3.8) is 0 Å². The molecule has 1 heterocycles. The first-order valence-corrected chi connectivity index (χ1v) is 9.68. The Bertz CT molecular complexity index is 589. The van der Waals surface area contributed by atoms with E-state index in [4.69, 9.17) is 4.74 Å². The normalized spacial score (nSPS) is 20.4. The summed E-state index contributed by atoms with van der Waals surface area (Å²) in [5, 5.41) is 0. The van der Waals surface area contributed by atoms with Crippen molar-refractivity contribution in [2.24, 2.45) is 0 Å². The van der Waals surface area contributed by atoms with Gasteiger partial charge in [-0.15, -0.1) is 0 Å². The first kappa shape index (κ1) is 16.8. The maximum atomic E-state index is 13.0. The lowest BCUT2D eigenvalue weighted by Gasteiger charge is -2.34. The van der Waals surface area contributed by atoms with E-state index in [9.17, 15) is 8.42 Å². The molecule has 0 unspecified atom stereocenters. The van der Waals surface area contributed by atoms with Crippen LogP contribution in [0, 0.1) is 0 Å². The Morgan fingerprint density at radius 1 is 1.33 bits per heavy atom. The molecule has 1 aromatic rings. The predicted molar refractivity (Wildman–Crippen MR) is 87.1 cm³/mol. The molecule has 0 N–H and O–H groups in total. The van der Waals surface area contributed by atoms with Crippen LogP contribution in [-0.4, -0.2) is 31.9 Å². The molecule has 118 valence electrons. The zero-order valence-corrected chi connectivity index (χ0v) is 14.9. The van der Waals surface area contributed by atoms with E-state index in [-0.39, 0.29) is 10.9 Å². The topological polar surface area (TPSA) is 46.6 Å². The molecule has 6 heteroatoms. The molecule has 1 aliphatic rings. The van der Waals surface area contributed by atoms with Crippen molar-refractivity contribution in [3.8, 4) is 5.75 Å². The third-order valence-electron chi connectivity index (χ3n) is 3.84. The van der Waals surface area contributed by atoms with Crippen molar-refractivity contribution in [2.45, 2.75) is 50.5 Å². The van der Waals surface area contributed by atoms with Gasteiger partial charge in [0.1, 0.15) is 10.6 Å². The molecule has 1 aliphatic heterocycles. The Morgan fingerprint density at radius 3 is 2.76 bits per heavy atom. The predicted octanol–water partition coefficient (Wildman–Crippen LogP) is 3.80. The second kappa shape index (κ2) is 7.11. The molecule has 1 atom stereocenters. The van der Waals surface area contributed by atoms with Gasteiger partial charge in [0.15, 0.2) is 0 Å². The van der Waals surface area contributed by atoms with E-state index in [0.717, 1.165) is 30.2 Å². The molecule has 0 spiro atoms. The summed E-state index contributed by atoms with van der Waals surface area (Å²) < 4.78 is 34.0. The van der Waals surface area contributed by atoms with Gasteiger partial charge in [-0.1, -0.05) is 29.3 Å². The summed E-state index contributed by atoms with van der Waals surface area (Å²) in [5.74, 6) is 0.432. The maximum Gasteiger partial charge on any atom is 0.247 e. The van der Waals surface area contributed by atoms with Crippen molar-refractivity contribution in [2.75, 3.05) is 13.2 Å². The molecule has 0 amide bonds. The summed E-state index contributed by atoms with van der Waals surface area (Å²) in [7, 11) is -3.52. The van der Waals surface area contributed by atoms with Gasteiger partial charge in [-0.25, -0.2) is 8.42 Å². The van der Waals surface area contributed by atoms with Crippen LogP contribution in [0.25, 0.3) is 0 Å². The van der Waals surface area contributed by atoms with Gasteiger partial charge in [0.05, 0.1) is 6.61 Å². The van der Waals surface area contributed by atoms with Crippen LogP contribution in [0.5, 0.6) is 5.75 Å². The molecule has 0 aromatic heterocycles. The minimum absolute atomic E-state index is 0.0946. The molecule has 0 radical (unpaired) electrons. The lowest BCUT2D eigenvalue weighted by Crippen LogP contribution is -2.43. The van der Waals surface area contributed by atoms with Gasteiger partial charge in [0.25, 0.3) is 0 Å². The van der Waals surface area contributed by atoms with Crippen LogP contribution in [0.3, 0.4) is 0 Å². The lowest BCUT2D eigenvalue weighted by atomic mass is 10.0. The summed E-state index contributed by atoms with van der Waals surface area (Å²) in [6, 6.07) is 5.25. The molecule has 0 bridgehead atoms. The maximum absolute atomic E-state index is 13.0. The number of sulfonamides is 1. The van der Waals surface area contributed by atoms with Gasteiger partial charge in [0, 0.05) is 17.1 Å². The highest BCUT2D eigenvalue weighted by atomic mass is 79.9. The molecule has 4 nitrogen and oxygen atoms in total. The highest BCUT2D eigenvalue weighted by Crippen LogP contribution is 2.33. The Balaban J connectivity index is 2.45. The van der Waals surface area contributed by atoms with Crippen molar-refractivity contribution in [1.29, 1.82) is 0 Å². The summed E-state index contributed by atoms with van der Waals surface area (Å²) >= 11 is 3.36. The van der Waals surface area contributed by atoms with Crippen LogP contribution in [0.2, 0.25) is 0 Å². The van der Waals surface area contributed by atoms with Gasteiger partial charge in [-0.2, -0.15) is 4.31 Å². The van der Waals surface area contributed by atoms with Crippen molar-refractivity contribution < 1.29 is 13.2 Å². The third-order valence-corrected chi connectivity index (χ3v) is 6.30. The Labute approximate surface area is 135 Å². The minimum atomic E-state index is -3.52. The van der Waals surface area contributed by atoms with Gasteiger partial charge in [-0.3, -0.25) is 0 Å². The standard InChI is InChI=1S/C15H22BrNO3S/c1-3-13-7-5-6-10-17(13)21(18,19)15-11-12(16)8-9-14(15)20-4-2/h8-9,11,13H,3-7,10H2,1-2H3/t13-/m1/s1. The largest absolute Gasteiger partial charge is 0.492 e. The van der Waals surface area contributed by atoms with Crippen LogP contribution in [0.4, 0.5) is 0 Å². The van der Waals surface area contributed by atoms with Crippen LogP contribution < -0.4 is 4.74 Å². The summed E-state index contributed by atoms with van der Waals surface area (Å²) in [5.41, 5.74) is 0. The van der Waals surface area contributed by atoms with E-state index < -0.39 is 10.0 Å². The van der Waals surface area contributed by atoms with E-state index in [2.05, 4.69) is 15.9 Å². The number of hydrogen-bond donors (Lipinski definition) is 0. The van der Waals surface area contributed by atoms with E-state index in [1.807, 2.05) is 13.8 Å². The van der Waals surface area contributed by atoms with Crippen LogP contribution in [0.15, 0.2) is 27.6 Å². The number of hydrogen-bond acceptors (Lipinski definition) is 3. The number of benzene rings is 1. The van der Waals surface area contributed by atoms with Gasteiger partial charge in [-0.05, 0) is 44.4 Å². The highest BCUT2D eigenvalue weighted by Gasteiger charge is 2.34. The molecular weight excluding hydrogens is 354 g/mol. The smallest absolute Gasteiger partial charge is 0.247 e. The molecule has 2 rings (SSSR count). The molecule has 1 saturated heterocycles. The van der Waals surface area contributed by atoms with Gasteiger partial charge in [0.2, 0.25) is 10.0 Å². The van der Waals surface area contributed by atoms with Crippen LogP contribution >= 0.6 is 15.9 Å². The Morgan fingerprint density at radius 2 is 2.10 bits per heavy atom. The summed E-state index contributed by atoms with van der Waals surface area (Å²) in [6.45, 7) is 4.94. The van der Waals surface area contributed by atoms with E-state index in [1.165, 1.54) is 0 Å². The second-order valence-electron chi connectivity index (χ2n) is 5.20. The first-order chi connectivity index (χ1) is 10.0. The zero-order chi connectivity index (χ0) is 15.5. The third kappa shape index (κ3) is 3.60. The summed E-state index contributed by atoms with van der Waals surface area (Å²) in [6.07, 6.45) is 3.81. The minimum Gasteiger partial charge on any atom is -0.492 e. The van der Waals surface area contributed by atoms with Crippen LogP contribution in [0.1, 0.15) is 39.5 Å². The van der Waals surface area contributed by atoms with Crippen LogP contribution in [-0.2, 0) is 10.0 Å². The molecule has 0 saturated carbocycles. The fourth-order valence-electron chi connectivity index (χ4n) is 2.78. The number of halogens is 1. The molecular formula is C15H22BrNO3S. The zero-order valence-electron chi connectivity index (χ0n) is 12.5. The van der Waals surface area contributed by atoms with Crippen molar-refractivity contribution >= 4 is 26.0 Å². The average molecular weight is 376 g/mol. The Kier molecular flexibility index (Phi) is 5.68. The molecule has 1 fully saturated rings. The fraction of sp³-hybridized carbons (Fsp3) is 0.600. The Hall–Kier alpha value is -0.590. The fourth-order valence-corrected chi connectivity index (χ4v) is 5.22. The summed E-state index contributed by atoms with van der Waals surface area (Å²) in [4.78, 5) is 0.263. The molecule has 1 aromatic carbocycles.